The molecule has 2 amide bonds. The van der Waals surface area contributed by atoms with Crippen LogP contribution in [0.2, 0.25) is 0 Å². The van der Waals surface area contributed by atoms with Crippen molar-refractivity contribution in [1.82, 2.24) is 15.2 Å². The van der Waals surface area contributed by atoms with Gasteiger partial charge in [0, 0.05) is 16.7 Å². The number of carbonyl (C=O) groups excluding carboxylic acids is 3. The predicted molar refractivity (Wildman–Crippen MR) is 174 cm³/mol. The van der Waals surface area contributed by atoms with Crippen LogP contribution in [-0.2, 0) is 19.1 Å². The predicted octanol–water partition coefficient (Wildman–Crippen LogP) is 3.84. The van der Waals surface area contributed by atoms with Gasteiger partial charge in [-0.05, 0) is 35.4 Å². The second kappa shape index (κ2) is 13.8. The van der Waals surface area contributed by atoms with Crippen molar-refractivity contribution in [2.24, 2.45) is 5.16 Å². The molecule has 3 heterocycles. The molecule has 1 unspecified atom stereocenters. The highest BCUT2D eigenvalue weighted by Gasteiger charge is 2.55. The summed E-state index contributed by atoms with van der Waals surface area (Å²) in [4.78, 5) is 46.1. The van der Waals surface area contributed by atoms with E-state index in [0.29, 0.717) is 16.9 Å². The Morgan fingerprint density at radius 2 is 1.74 bits per heavy atom. The number of nitrogens with one attached hydrogen (secondary N) is 1. The molecule has 236 valence electrons. The summed E-state index contributed by atoms with van der Waals surface area (Å²) in [6.45, 7) is -0.0369. The number of β-lactam (4-membered cyclic amide) rings is 1. The van der Waals surface area contributed by atoms with Gasteiger partial charge in [-0.15, -0.1) is 23.1 Å². The summed E-state index contributed by atoms with van der Waals surface area (Å²) in [6.07, 6.45) is -0.771. The maximum atomic E-state index is 14.1. The summed E-state index contributed by atoms with van der Waals surface area (Å²) in [7, 11) is 0. The van der Waals surface area contributed by atoms with Crippen molar-refractivity contribution >= 4 is 51.7 Å². The minimum absolute atomic E-state index is 0.0260. The second-order valence-electron chi connectivity index (χ2n) is 10.4. The summed E-state index contributed by atoms with van der Waals surface area (Å²) >= 11 is 2.40. The largest absolute Gasteiger partial charge is 0.489 e. The van der Waals surface area contributed by atoms with Gasteiger partial charge in [0.1, 0.15) is 35.2 Å². The molecule has 3 aromatic carbocycles. The van der Waals surface area contributed by atoms with E-state index in [2.05, 4.69) is 21.5 Å². The Labute approximate surface area is 277 Å². The van der Waals surface area contributed by atoms with E-state index < -0.39 is 41.0 Å². The van der Waals surface area contributed by atoms with Crippen molar-refractivity contribution in [2.45, 2.75) is 17.5 Å². The highest BCUT2D eigenvalue weighted by atomic mass is 32.2. The van der Waals surface area contributed by atoms with Crippen LogP contribution in [0.5, 0.6) is 5.75 Å². The van der Waals surface area contributed by atoms with E-state index in [-0.39, 0.29) is 28.9 Å². The number of fused-ring (bicyclic) bond motifs is 1. The second-order valence-corrected chi connectivity index (χ2v) is 12.4. The van der Waals surface area contributed by atoms with E-state index in [1.807, 2.05) is 60.7 Å². The molecule has 0 aliphatic carbocycles. The van der Waals surface area contributed by atoms with Crippen LogP contribution >= 0.6 is 23.1 Å². The zero-order chi connectivity index (χ0) is 32.9. The van der Waals surface area contributed by atoms with E-state index in [9.17, 15) is 19.6 Å². The van der Waals surface area contributed by atoms with E-state index in [4.69, 9.17) is 20.5 Å². The lowest BCUT2D eigenvalue weighted by Gasteiger charge is -2.49. The Bertz CT molecular complexity index is 1870. The molecule has 2 aliphatic heterocycles. The Hall–Kier alpha value is -5.65. The van der Waals surface area contributed by atoms with Gasteiger partial charge in [0.25, 0.3) is 11.8 Å². The van der Waals surface area contributed by atoms with Crippen LogP contribution in [0.25, 0.3) is 0 Å². The minimum atomic E-state index is -1.02. The number of rotatable bonds is 10. The van der Waals surface area contributed by atoms with Gasteiger partial charge in [-0.3, -0.25) is 14.5 Å². The van der Waals surface area contributed by atoms with Crippen molar-refractivity contribution < 1.29 is 29.1 Å². The number of nitrogen functional groups attached to an aromatic ring is 1. The third-order valence-corrected chi connectivity index (χ3v) is 9.45. The Balaban J connectivity index is 1.29. The molecule has 2 aliphatic rings. The molecule has 0 bridgehead atoms. The molecular formula is C33H26N6O6S2. The molecule has 12 nitrogen and oxygen atoms in total. The average molecular weight is 667 g/mol. The number of hydrogen-bond acceptors (Lipinski definition) is 12. The van der Waals surface area contributed by atoms with Gasteiger partial charge in [-0.25, -0.2) is 9.78 Å². The number of amides is 2. The number of nitrogens with two attached hydrogens (primary N) is 1. The lowest BCUT2D eigenvalue weighted by Crippen LogP contribution is -2.71. The normalized spacial score (nSPS) is 17.4. The number of oxime groups is 1. The van der Waals surface area contributed by atoms with Crippen LogP contribution in [0.15, 0.2) is 107 Å². The summed E-state index contributed by atoms with van der Waals surface area (Å²) in [5.41, 5.74) is 7.81. The molecule has 4 N–H and O–H groups in total. The lowest BCUT2D eigenvalue weighted by molar-refractivity contribution is -0.154. The molecule has 14 heteroatoms. The zero-order valence-corrected chi connectivity index (χ0v) is 26.1. The first-order valence-corrected chi connectivity index (χ1v) is 16.2. The van der Waals surface area contributed by atoms with Crippen molar-refractivity contribution in [3.05, 3.63) is 124 Å². The van der Waals surface area contributed by atoms with Crippen molar-refractivity contribution in [3.8, 4) is 11.8 Å². The first-order valence-electron chi connectivity index (χ1n) is 14.2. The minimum Gasteiger partial charge on any atom is -0.489 e. The summed E-state index contributed by atoms with van der Waals surface area (Å²) in [5.74, 6) is -1.36. The van der Waals surface area contributed by atoms with Crippen molar-refractivity contribution in [3.63, 3.8) is 0 Å². The van der Waals surface area contributed by atoms with Gasteiger partial charge >= 0.3 is 5.97 Å². The number of hydrogen-bond donors (Lipinski definition) is 3. The van der Waals surface area contributed by atoms with Gasteiger partial charge in [0.05, 0.1) is 11.6 Å². The Morgan fingerprint density at radius 1 is 1.09 bits per heavy atom. The molecule has 47 heavy (non-hydrogen) atoms. The molecular weight excluding hydrogens is 641 g/mol. The topological polar surface area (TPSA) is 180 Å². The third kappa shape index (κ3) is 6.53. The smallest absolute Gasteiger partial charge is 0.356 e. The summed E-state index contributed by atoms with van der Waals surface area (Å²) in [5, 5.41) is 25.3. The fourth-order valence-electron chi connectivity index (χ4n) is 5.14. The molecule has 6 rings (SSSR count). The summed E-state index contributed by atoms with van der Waals surface area (Å²) < 4.78 is 12.1. The highest BCUT2D eigenvalue weighted by Crippen LogP contribution is 2.42. The van der Waals surface area contributed by atoms with Crippen molar-refractivity contribution in [1.29, 1.82) is 5.26 Å². The van der Waals surface area contributed by atoms with Gasteiger partial charge in [-0.1, -0.05) is 65.8 Å². The van der Waals surface area contributed by atoms with Crippen LogP contribution in [0, 0.1) is 11.3 Å². The fraction of sp³-hybridized carbons (Fsp3) is 0.152. The number of ether oxygens (including phenoxy) is 2. The maximum absolute atomic E-state index is 14.1. The monoisotopic (exact) mass is 666 g/mol. The summed E-state index contributed by atoms with van der Waals surface area (Å²) in [6, 6.07) is 26.1. The number of aromatic nitrogens is 1. The van der Waals surface area contributed by atoms with Crippen LogP contribution in [0.4, 0.5) is 5.13 Å². The number of carbonyl (C=O) groups is 3. The van der Waals surface area contributed by atoms with Gasteiger partial charge in [-0.2, -0.15) is 5.26 Å². The van der Waals surface area contributed by atoms with Crippen LogP contribution < -0.4 is 15.8 Å². The van der Waals surface area contributed by atoms with E-state index >= 15 is 0 Å². The maximum Gasteiger partial charge on any atom is 0.356 e. The van der Waals surface area contributed by atoms with Gasteiger partial charge < -0.3 is 25.7 Å². The lowest BCUT2D eigenvalue weighted by atomic mass is 10.0. The molecule has 0 radical (unpaired) electrons. The number of nitrogens with zero attached hydrogens (tertiary/aromatic N) is 4. The van der Waals surface area contributed by atoms with Crippen LogP contribution in [-0.4, -0.2) is 62.4 Å². The standard InChI is InChI=1S/C33H26N6O6S2/c34-15-19-11-13-23(14-12-19)44-16-22-17-46-31-26(37-29(40)25(38-43)24-18-47-33(35)36-24)30(41)39(31)27(22)32(42)45-28(20-7-3-1-4-8-20)21-9-5-2-6-10-21/h1-14,18,26,28,31,43H,16-17H2,(H2,35,36)(H,37,40)/b38-25-/t26?,31-/m1/s1. The molecule has 0 spiro atoms. The van der Waals surface area contributed by atoms with Gasteiger partial charge in [0.2, 0.25) is 0 Å². The number of esters is 1. The number of nitriles is 1. The Morgan fingerprint density at radius 3 is 2.32 bits per heavy atom. The van der Waals surface area contributed by atoms with E-state index in [1.54, 1.807) is 24.3 Å². The first kappa shape index (κ1) is 31.3. The van der Waals surface area contributed by atoms with E-state index in [1.165, 1.54) is 22.0 Å². The van der Waals surface area contributed by atoms with Crippen LogP contribution in [0.1, 0.15) is 28.5 Å². The molecule has 4 aromatic rings. The van der Waals surface area contributed by atoms with Crippen molar-refractivity contribution in [2.75, 3.05) is 18.1 Å². The first-order chi connectivity index (χ1) is 22.9. The quantitative estimate of drug-likeness (QED) is 0.0740. The molecule has 1 aromatic heterocycles. The molecule has 2 atom stereocenters. The number of anilines is 1. The highest BCUT2D eigenvalue weighted by molar-refractivity contribution is 8.00. The average Bonchev–Trinajstić information content (AvgIpc) is 3.54. The number of thiazole rings is 1. The number of thioether (sulfide) groups is 1. The third-order valence-electron chi connectivity index (χ3n) is 7.43. The van der Waals surface area contributed by atoms with Crippen LogP contribution in [0.3, 0.4) is 0 Å². The zero-order valence-electron chi connectivity index (χ0n) is 24.5. The molecule has 1 saturated heterocycles. The van der Waals surface area contributed by atoms with E-state index in [0.717, 1.165) is 22.5 Å². The fourth-order valence-corrected chi connectivity index (χ4v) is 7.02. The Kier molecular flexibility index (Phi) is 9.18. The van der Waals surface area contributed by atoms with Gasteiger partial charge in [0.15, 0.2) is 16.9 Å². The molecule has 0 saturated carbocycles. The number of benzene rings is 3. The molecule has 1 fully saturated rings. The SMILES string of the molecule is N#Cc1ccc(OCC2=C(C(=O)OC(c3ccccc3)c3ccccc3)N3C(=O)C(NC(=O)/C(=N\O)c4csc(N)n4)[C@H]3SC2)cc1.